The summed E-state index contributed by atoms with van der Waals surface area (Å²) >= 11 is 0. The van der Waals surface area contributed by atoms with Crippen molar-refractivity contribution in [1.82, 2.24) is 19.9 Å². The van der Waals surface area contributed by atoms with Crippen molar-refractivity contribution in [2.45, 2.75) is 51.8 Å². The molecular formula is C34H30F5N5O5. The van der Waals surface area contributed by atoms with Crippen molar-refractivity contribution in [3.8, 4) is 28.1 Å². The largest absolute Gasteiger partial charge is 0.481 e. The van der Waals surface area contributed by atoms with E-state index in [1.807, 2.05) is 0 Å². The third kappa shape index (κ3) is 6.44. The van der Waals surface area contributed by atoms with Crippen LogP contribution in [0.15, 0.2) is 48.8 Å². The monoisotopic (exact) mass is 683 g/mol. The Morgan fingerprint density at radius 3 is 2.35 bits per heavy atom. The number of aromatic nitrogens is 3. The van der Waals surface area contributed by atoms with Gasteiger partial charge in [0.1, 0.15) is 18.1 Å². The van der Waals surface area contributed by atoms with Gasteiger partial charge in [-0.05, 0) is 79.4 Å². The Morgan fingerprint density at radius 2 is 1.73 bits per heavy atom. The topological polar surface area (TPSA) is 118 Å². The highest BCUT2D eigenvalue weighted by Crippen LogP contribution is 2.40. The lowest BCUT2D eigenvalue weighted by Gasteiger charge is -2.34. The van der Waals surface area contributed by atoms with E-state index in [9.17, 15) is 36.6 Å². The van der Waals surface area contributed by atoms with Crippen LogP contribution in [-0.4, -0.2) is 69.4 Å². The van der Waals surface area contributed by atoms with E-state index < -0.39 is 47.9 Å². The quantitative estimate of drug-likeness (QED) is 0.197. The fraction of sp³-hybridized carbons (Fsp3) is 0.324. The van der Waals surface area contributed by atoms with E-state index in [0.29, 0.717) is 33.9 Å². The summed E-state index contributed by atoms with van der Waals surface area (Å²) < 4.78 is 79.5. The number of aryl methyl sites for hydroxylation is 2. The van der Waals surface area contributed by atoms with Gasteiger partial charge in [0.05, 0.1) is 49.6 Å². The van der Waals surface area contributed by atoms with Crippen molar-refractivity contribution in [2.75, 3.05) is 25.1 Å². The third-order valence-electron chi connectivity index (χ3n) is 8.67. The van der Waals surface area contributed by atoms with Crippen LogP contribution in [0.3, 0.4) is 0 Å². The molecule has 2 fully saturated rings. The van der Waals surface area contributed by atoms with E-state index in [1.54, 1.807) is 50.1 Å². The van der Waals surface area contributed by atoms with Crippen molar-refractivity contribution in [2.24, 2.45) is 0 Å². The number of methoxy groups -OCH3 is 1. The predicted molar refractivity (Wildman–Crippen MR) is 166 cm³/mol. The number of carbonyl (C=O) groups is 2. The lowest BCUT2D eigenvalue weighted by atomic mass is 9.92. The van der Waals surface area contributed by atoms with Crippen molar-refractivity contribution in [1.29, 1.82) is 0 Å². The molecule has 0 saturated carbocycles. The van der Waals surface area contributed by atoms with Gasteiger partial charge >= 0.3 is 18.2 Å². The number of amides is 1. The fourth-order valence-corrected chi connectivity index (χ4v) is 6.24. The molecule has 256 valence electrons. The molecule has 0 unspecified atom stereocenters. The Morgan fingerprint density at radius 1 is 1.04 bits per heavy atom. The zero-order valence-electron chi connectivity index (χ0n) is 26.7. The Labute approximate surface area is 277 Å². The number of pyridine rings is 1. The average molecular weight is 684 g/mol. The normalized spacial score (nSPS) is 18.0. The van der Waals surface area contributed by atoms with Crippen LogP contribution in [0.1, 0.15) is 51.3 Å². The number of hydrogen-bond acceptors (Lipinski definition) is 8. The van der Waals surface area contributed by atoms with Gasteiger partial charge in [0.25, 0.3) is 0 Å². The number of aromatic carboxylic acids is 1. The Kier molecular flexibility index (Phi) is 8.63. The number of cyclic esters (lactones) is 1. The molecular weight excluding hydrogens is 653 g/mol. The maximum absolute atomic E-state index is 14.3. The summed E-state index contributed by atoms with van der Waals surface area (Å²) in [6.45, 7) is 5.04. The highest BCUT2D eigenvalue weighted by Gasteiger charge is 2.42. The number of halogens is 5. The molecule has 4 heterocycles. The maximum atomic E-state index is 14.3. The minimum atomic E-state index is -4.82. The van der Waals surface area contributed by atoms with Gasteiger partial charge in [-0.25, -0.2) is 33.3 Å². The first-order valence-corrected chi connectivity index (χ1v) is 15.1. The van der Waals surface area contributed by atoms with Crippen LogP contribution < -0.4 is 9.64 Å². The number of carbonyl (C=O) groups excluding carboxylic acids is 1. The van der Waals surface area contributed by atoms with Gasteiger partial charge in [0.15, 0.2) is 0 Å². The van der Waals surface area contributed by atoms with Crippen LogP contribution in [0, 0.1) is 19.7 Å². The molecule has 2 atom stereocenters. The van der Waals surface area contributed by atoms with Crippen molar-refractivity contribution in [3.05, 3.63) is 88.1 Å². The Hall–Kier alpha value is -5.34. The van der Waals surface area contributed by atoms with Gasteiger partial charge in [-0.1, -0.05) is 0 Å². The molecule has 2 saturated heterocycles. The predicted octanol–water partition coefficient (Wildman–Crippen LogP) is 6.93. The Bertz CT molecular complexity index is 1940. The van der Waals surface area contributed by atoms with Crippen molar-refractivity contribution >= 4 is 18.0 Å². The molecule has 15 heteroatoms. The van der Waals surface area contributed by atoms with Crippen LogP contribution in [-0.2, 0) is 17.5 Å². The highest BCUT2D eigenvalue weighted by molar-refractivity contribution is 5.90. The van der Waals surface area contributed by atoms with Gasteiger partial charge < -0.3 is 19.5 Å². The molecule has 2 aromatic heterocycles. The lowest BCUT2D eigenvalue weighted by molar-refractivity contribution is -0.137. The lowest BCUT2D eigenvalue weighted by Crippen LogP contribution is -2.49. The van der Waals surface area contributed by atoms with Gasteiger partial charge in [0, 0.05) is 29.1 Å². The first kappa shape index (κ1) is 33.6. The number of alkyl halides is 4. The number of carboxylic acid groups (broad SMARTS) is 1. The summed E-state index contributed by atoms with van der Waals surface area (Å²) in [4.78, 5) is 41.4. The minimum absolute atomic E-state index is 0.0649. The number of hydrogen-bond donors (Lipinski definition) is 1. The molecule has 1 N–H and O–H groups in total. The van der Waals surface area contributed by atoms with Crippen LogP contribution in [0.25, 0.3) is 22.3 Å². The van der Waals surface area contributed by atoms with E-state index in [4.69, 9.17) is 9.47 Å². The molecule has 1 amide bonds. The number of nitrogens with zero attached hydrogens (tertiary/aromatic N) is 5. The van der Waals surface area contributed by atoms with Crippen molar-refractivity contribution < 1.29 is 46.1 Å². The second-order valence-electron chi connectivity index (χ2n) is 12.0. The van der Waals surface area contributed by atoms with Crippen LogP contribution in [0.4, 0.5) is 32.7 Å². The van der Waals surface area contributed by atoms with E-state index in [-0.39, 0.29) is 48.3 Å². The zero-order chi connectivity index (χ0) is 35.4. The minimum Gasteiger partial charge on any atom is -0.481 e. The van der Waals surface area contributed by atoms with E-state index in [0.717, 1.165) is 17.7 Å². The summed E-state index contributed by atoms with van der Waals surface area (Å²) in [6, 6.07) is 6.03. The van der Waals surface area contributed by atoms with Crippen LogP contribution >= 0.6 is 0 Å². The van der Waals surface area contributed by atoms with E-state index in [1.165, 1.54) is 18.2 Å². The van der Waals surface area contributed by atoms with Crippen LogP contribution in [0.2, 0.25) is 0 Å². The number of benzene rings is 2. The number of carboxylic acids is 1. The van der Waals surface area contributed by atoms with Gasteiger partial charge in [0.2, 0.25) is 11.8 Å². The van der Waals surface area contributed by atoms with Gasteiger partial charge in [-0.15, -0.1) is 0 Å². The SMILES string of the molecule is COc1ncc(-c2c(C)cc(C(=O)O)cc2C)cc1-c1cnc(N2CC(F)C2)nc1CN1C(=O)O[C@H](c2cc(F)cc(C(F)(F)F)c2)[C@@H]1C. The third-order valence-corrected chi connectivity index (χ3v) is 8.67. The second-order valence-corrected chi connectivity index (χ2v) is 12.0. The van der Waals surface area contributed by atoms with Crippen molar-refractivity contribution in [3.63, 3.8) is 0 Å². The highest BCUT2D eigenvalue weighted by atomic mass is 19.4. The summed E-state index contributed by atoms with van der Waals surface area (Å²) in [5.74, 6) is -1.81. The second kappa shape index (κ2) is 12.6. The Balaban J connectivity index is 1.42. The standard InChI is InChI=1S/C34H30F5N5O5/c1-16-5-20(31(45)46)6-17(2)28(16)21-9-25(30(48-4)40-11-21)26-12-41-32(43-13-24(36)14-43)42-27(26)15-44-18(3)29(49-33(44)47)19-7-22(34(37,38)39)10-23(35)8-19/h5-12,18,24,29H,13-15H2,1-4H3,(H,45,46)/t18-,29-/m0/s1. The fourth-order valence-electron chi connectivity index (χ4n) is 6.24. The molecule has 4 aromatic rings. The summed E-state index contributed by atoms with van der Waals surface area (Å²) in [7, 11) is 1.42. The zero-order valence-corrected chi connectivity index (χ0v) is 26.7. The molecule has 10 nitrogen and oxygen atoms in total. The maximum Gasteiger partial charge on any atom is 0.416 e. The molecule has 2 aliphatic heterocycles. The van der Waals surface area contributed by atoms with E-state index in [2.05, 4.69) is 15.0 Å². The molecule has 6 rings (SSSR count). The van der Waals surface area contributed by atoms with Crippen LogP contribution in [0.5, 0.6) is 5.88 Å². The van der Waals surface area contributed by atoms with Gasteiger partial charge in [-0.2, -0.15) is 13.2 Å². The summed E-state index contributed by atoms with van der Waals surface area (Å²) in [5.41, 5.74) is 2.58. The molecule has 2 aromatic carbocycles. The van der Waals surface area contributed by atoms with E-state index >= 15 is 0 Å². The summed E-state index contributed by atoms with van der Waals surface area (Å²) in [6.07, 6.45) is -4.90. The summed E-state index contributed by atoms with van der Waals surface area (Å²) in [5, 5.41) is 9.51. The number of ether oxygens (including phenoxy) is 2. The first-order valence-electron chi connectivity index (χ1n) is 15.1. The first-order chi connectivity index (χ1) is 23.1. The molecule has 0 spiro atoms. The smallest absolute Gasteiger partial charge is 0.416 e. The molecule has 0 aliphatic carbocycles. The molecule has 49 heavy (non-hydrogen) atoms. The van der Waals surface area contributed by atoms with Gasteiger partial charge in [-0.3, -0.25) is 4.90 Å². The average Bonchev–Trinajstić information content (AvgIpc) is 3.30. The molecule has 0 radical (unpaired) electrons. The number of rotatable bonds is 8. The molecule has 0 bridgehead atoms. The number of anilines is 1. The molecule has 2 aliphatic rings.